The van der Waals surface area contributed by atoms with Crippen molar-refractivity contribution in [2.75, 3.05) is 6.61 Å². The minimum atomic E-state index is -0.614. The second-order valence-electron chi connectivity index (χ2n) is 11.0. The molecule has 7 atom stereocenters. The standard InChI is InChI=1S/C27H40O6/c1-17-13-19-6-5-18(2)22(8-7-21-15-20(29)16-24(30)32-21)25(19)23(14-17)33-26(31)27(9-3-10-27)11-4-12-28/h5-6,13,17-18,20-23,25,28-29H,3-4,7-12,14-16H2,1-2H3/t17-,18-,20+,21+,22-,23-,25-/m0/s1. The van der Waals surface area contributed by atoms with E-state index >= 15 is 0 Å². The van der Waals surface area contributed by atoms with Crippen molar-refractivity contribution >= 4 is 11.9 Å². The van der Waals surface area contributed by atoms with Crippen molar-refractivity contribution in [3.63, 3.8) is 0 Å². The molecule has 2 fully saturated rings. The lowest BCUT2D eigenvalue weighted by molar-refractivity contribution is -0.173. The van der Waals surface area contributed by atoms with Crippen LogP contribution in [0.4, 0.5) is 0 Å². The van der Waals surface area contributed by atoms with E-state index in [0.29, 0.717) is 43.4 Å². The Bertz CT molecular complexity index is 781. The molecule has 6 nitrogen and oxygen atoms in total. The van der Waals surface area contributed by atoms with Gasteiger partial charge in [-0.15, -0.1) is 0 Å². The van der Waals surface area contributed by atoms with Gasteiger partial charge >= 0.3 is 11.9 Å². The van der Waals surface area contributed by atoms with E-state index in [2.05, 4.69) is 32.1 Å². The summed E-state index contributed by atoms with van der Waals surface area (Å²) in [6.07, 6.45) is 12.8. The molecule has 4 rings (SSSR count). The summed E-state index contributed by atoms with van der Waals surface area (Å²) in [6, 6.07) is 0. The number of ether oxygens (including phenoxy) is 2. The minimum Gasteiger partial charge on any atom is -0.462 e. The molecule has 0 bridgehead atoms. The number of rotatable bonds is 8. The Balaban J connectivity index is 1.48. The van der Waals surface area contributed by atoms with Gasteiger partial charge in [-0.1, -0.05) is 38.5 Å². The van der Waals surface area contributed by atoms with Gasteiger partial charge in [0.15, 0.2) is 0 Å². The lowest BCUT2D eigenvalue weighted by Gasteiger charge is -2.46. The average molecular weight is 461 g/mol. The molecule has 3 aliphatic carbocycles. The highest BCUT2D eigenvalue weighted by molar-refractivity contribution is 5.78. The number of carbonyl (C=O) groups excluding carboxylic acids is 2. The molecule has 2 N–H and O–H groups in total. The van der Waals surface area contributed by atoms with Crippen LogP contribution < -0.4 is 0 Å². The number of hydrogen-bond acceptors (Lipinski definition) is 6. The largest absolute Gasteiger partial charge is 0.462 e. The van der Waals surface area contributed by atoms with Crippen molar-refractivity contribution in [1.82, 2.24) is 0 Å². The first-order valence-corrected chi connectivity index (χ1v) is 12.9. The number of hydrogen-bond donors (Lipinski definition) is 2. The molecule has 1 saturated heterocycles. The van der Waals surface area contributed by atoms with Crippen LogP contribution in [-0.4, -0.2) is 47.1 Å². The molecular weight excluding hydrogens is 420 g/mol. The fourth-order valence-electron chi connectivity index (χ4n) is 6.48. The Labute approximate surface area is 197 Å². The van der Waals surface area contributed by atoms with Crippen LogP contribution in [0.2, 0.25) is 0 Å². The van der Waals surface area contributed by atoms with Crippen molar-refractivity contribution in [2.45, 2.75) is 96.4 Å². The van der Waals surface area contributed by atoms with Gasteiger partial charge in [0, 0.05) is 18.9 Å². The third-order valence-electron chi connectivity index (χ3n) is 8.47. The fourth-order valence-corrected chi connectivity index (χ4v) is 6.48. The predicted octanol–water partition coefficient (Wildman–Crippen LogP) is 4.09. The number of cyclic esters (lactones) is 1. The van der Waals surface area contributed by atoms with E-state index in [4.69, 9.17) is 9.47 Å². The molecule has 1 heterocycles. The summed E-state index contributed by atoms with van der Waals surface area (Å²) in [6.45, 7) is 4.50. The maximum Gasteiger partial charge on any atom is 0.312 e. The van der Waals surface area contributed by atoms with Gasteiger partial charge in [0.1, 0.15) is 12.2 Å². The summed E-state index contributed by atoms with van der Waals surface area (Å²) in [5, 5.41) is 19.3. The molecule has 0 unspecified atom stereocenters. The summed E-state index contributed by atoms with van der Waals surface area (Å²) < 4.78 is 11.8. The van der Waals surface area contributed by atoms with E-state index in [-0.39, 0.29) is 43.1 Å². The monoisotopic (exact) mass is 460 g/mol. The van der Waals surface area contributed by atoms with Crippen molar-refractivity contribution in [2.24, 2.45) is 29.1 Å². The highest BCUT2D eigenvalue weighted by Gasteiger charge is 2.48. The highest BCUT2D eigenvalue weighted by Crippen LogP contribution is 2.49. The molecule has 33 heavy (non-hydrogen) atoms. The van der Waals surface area contributed by atoms with Gasteiger partial charge in [-0.25, -0.2) is 0 Å². The number of allylic oxidation sites excluding steroid dienone is 3. The van der Waals surface area contributed by atoms with E-state index in [1.54, 1.807) is 0 Å². The van der Waals surface area contributed by atoms with Gasteiger partial charge in [-0.05, 0) is 68.3 Å². The van der Waals surface area contributed by atoms with Crippen LogP contribution in [0.3, 0.4) is 0 Å². The first-order valence-electron chi connectivity index (χ1n) is 12.9. The Morgan fingerprint density at radius 2 is 2.03 bits per heavy atom. The Hall–Kier alpha value is -1.66. The minimum absolute atomic E-state index is 0.0778. The third kappa shape index (κ3) is 5.37. The first kappa shape index (κ1) is 24.5. The summed E-state index contributed by atoms with van der Waals surface area (Å²) in [7, 11) is 0. The number of fused-ring (bicyclic) bond motifs is 1. The molecule has 0 aromatic rings. The van der Waals surface area contributed by atoms with Gasteiger partial charge in [0.25, 0.3) is 0 Å². The second kappa shape index (κ2) is 10.3. The van der Waals surface area contributed by atoms with Crippen LogP contribution in [0.15, 0.2) is 23.8 Å². The van der Waals surface area contributed by atoms with Crippen molar-refractivity contribution in [3.05, 3.63) is 23.8 Å². The zero-order valence-corrected chi connectivity index (χ0v) is 20.1. The summed E-state index contributed by atoms with van der Waals surface area (Å²) in [5.41, 5.74) is 0.846. The summed E-state index contributed by atoms with van der Waals surface area (Å²) in [5.74, 6) is 0.715. The first-order chi connectivity index (χ1) is 15.8. The zero-order chi connectivity index (χ0) is 23.6. The highest BCUT2D eigenvalue weighted by atomic mass is 16.6. The fraction of sp³-hybridized carbons (Fsp3) is 0.778. The molecular formula is C27H40O6. The van der Waals surface area contributed by atoms with E-state index in [9.17, 15) is 19.8 Å². The quantitative estimate of drug-likeness (QED) is 0.530. The van der Waals surface area contributed by atoms with Crippen molar-refractivity contribution in [1.29, 1.82) is 0 Å². The average Bonchev–Trinajstić information content (AvgIpc) is 2.72. The van der Waals surface area contributed by atoms with Crippen LogP contribution in [0.5, 0.6) is 0 Å². The Morgan fingerprint density at radius 3 is 2.70 bits per heavy atom. The summed E-state index contributed by atoms with van der Waals surface area (Å²) >= 11 is 0. The molecule has 0 aromatic carbocycles. The molecule has 0 spiro atoms. The molecule has 184 valence electrons. The van der Waals surface area contributed by atoms with Gasteiger partial charge < -0.3 is 19.7 Å². The maximum atomic E-state index is 13.3. The molecule has 1 saturated carbocycles. The van der Waals surface area contributed by atoms with Gasteiger partial charge in [-0.3, -0.25) is 9.59 Å². The van der Waals surface area contributed by atoms with Crippen LogP contribution >= 0.6 is 0 Å². The zero-order valence-electron chi connectivity index (χ0n) is 20.1. The van der Waals surface area contributed by atoms with E-state index < -0.39 is 11.5 Å². The van der Waals surface area contributed by atoms with E-state index in [0.717, 1.165) is 32.1 Å². The number of aliphatic hydroxyl groups excluding tert-OH is 2. The number of esters is 2. The lowest BCUT2D eigenvalue weighted by Crippen LogP contribution is -2.46. The number of aliphatic hydroxyl groups is 2. The predicted molar refractivity (Wildman–Crippen MR) is 124 cm³/mol. The topological polar surface area (TPSA) is 93.1 Å². The molecule has 1 aliphatic heterocycles. The van der Waals surface area contributed by atoms with Gasteiger partial charge in [-0.2, -0.15) is 0 Å². The normalized spacial score (nSPS) is 37.4. The third-order valence-corrected chi connectivity index (χ3v) is 8.47. The van der Waals surface area contributed by atoms with Gasteiger partial charge in [0.2, 0.25) is 0 Å². The van der Waals surface area contributed by atoms with Crippen molar-refractivity contribution < 1.29 is 29.3 Å². The molecule has 0 aromatic heterocycles. The smallest absolute Gasteiger partial charge is 0.312 e. The Morgan fingerprint density at radius 1 is 1.24 bits per heavy atom. The van der Waals surface area contributed by atoms with E-state index in [1.165, 1.54) is 5.57 Å². The molecule has 6 heteroatoms. The molecule has 0 amide bonds. The van der Waals surface area contributed by atoms with E-state index in [1.807, 2.05) is 0 Å². The lowest BCUT2D eigenvalue weighted by atomic mass is 9.64. The number of carbonyl (C=O) groups is 2. The SMILES string of the molecule is C[C@H]1C=C2C=C[C@H](C)[C@H](CC[C@@H]3C[C@@H](O)CC(=O)O3)[C@H]2[C@@H](OC(=O)C2(CCCO)CCC2)C1. The van der Waals surface area contributed by atoms with Crippen LogP contribution in [-0.2, 0) is 19.1 Å². The van der Waals surface area contributed by atoms with Gasteiger partial charge in [0.05, 0.1) is 17.9 Å². The molecule has 4 aliphatic rings. The molecule has 0 radical (unpaired) electrons. The second-order valence-corrected chi connectivity index (χ2v) is 11.0. The van der Waals surface area contributed by atoms with Crippen LogP contribution in [0.1, 0.15) is 78.1 Å². The van der Waals surface area contributed by atoms with Crippen LogP contribution in [0.25, 0.3) is 0 Å². The Kier molecular flexibility index (Phi) is 7.64. The van der Waals surface area contributed by atoms with Crippen LogP contribution in [0, 0.1) is 29.1 Å². The van der Waals surface area contributed by atoms with Crippen molar-refractivity contribution in [3.8, 4) is 0 Å². The maximum absolute atomic E-state index is 13.3. The summed E-state index contributed by atoms with van der Waals surface area (Å²) in [4.78, 5) is 25.1.